The molecule has 0 saturated carbocycles. The van der Waals surface area contributed by atoms with Crippen molar-refractivity contribution >= 4 is 11.6 Å². The molecule has 0 aliphatic carbocycles. The van der Waals surface area contributed by atoms with Crippen molar-refractivity contribution in [3.8, 4) is 11.5 Å². The van der Waals surface area contributed by atoms with E-state index in [9.17, 15) is 4.79 Å². The molecule has 0 spiro atoms. The van der Waals surface area contributed by atoms with Crippen molar-refractivity contribution in [3.05, 3.63) is 18.2 Å². The predicted molar refractivity (Wildman–Crippen MR) is 78.4 cm³/mol. The maximum Gasteiger partial charge on any atom is 0.241 e. The lowest BCUT2D eigenvalue weighted by molar-refractivity contribution is -0.117. The first-order chi connectivity index (χ1) is 9.74. The molecule has 0 radical (unpaired) electrons. The third-order valence-corrected chi connectivity index (χ3v) is 3.19. The quantitative estimate of drug-likeness (QED) is 0.837. The highest BCUT2D eigenvalue weighted by molar-refractivity contribution is 5.95. The molecule has 1 atom stereocenters. The molecule has 1 aliphatic rings. The molecule has 1 unspecified atom stereocenters. The number of nitrogens with one attached hydrogen (secondary N) is 2. The van der Waals surface area contributed by atoms with Gasteiger partial charge in [0.1, 0.15) is 0 Å². The molecule has 1 aromatic rings. The second-order valence-electron chi connectivity index (χ2n) is 4.67. The summed E-state index contributed by atoms with van der Waals surface area (Å²) in [5.74, 6) is 1.37. The van der Waals surface area contributed by atoms with Gasteiger partial charge in [0, 0.05) is 11.8 Å². The van der Waals surface area contributed by atoms with E-state index in [1.807, 2.05) is 26.0 Å². The van der Waals surface area contributed by atoms with E-state index in [4.69, 9.17) is 9.47 Å². The lowest BCUT2D eigenvalue weighted by Crippen LogP contribution is -2.35. The number of hydrogen-bond acceptors (Lipinski definition) is 4. The van der Waals surface area contributed by atoms with E-state index in [1.165, 1.54) is 0 Å². The predicted octanol–water partition coefficient (Wildman–Crippen LogP) is 2.17. The van der Waals surface area contributed by atoms with Crippen LogP contribution in [0.2, 0.25) is 0 Å². The Balaban J connectivity index is 2.07. The SMILES string of the molecule is CCOc1ccc(NC(=O)C2CCCN2)cc1OCC. The first-order valence-corrected chi connectivity index (χ1v) is 7.18. The van der Waals surface area contributed by atoms with Gasteiger partial charge in [-0.15, -0.1) is 0 Å². The average molecular weight is 278 g/mol. The molecule has 1 fully saturated rings. The van der Waals surface area contributed by atoms with E-state index in [0.29, 0.717) is 24.7 Å². The topological polar surface area (TPSA) is 59.6 Å². The Labute approximate surface area is 119 Å². The van der Waals surface area contributed by atoms with Gasteiger partial charge in [-0.05, 0) is 45.4 Å². The van der Waals surface area contributed by atoms with Gasteiger partial charge in [0.2, 0.25) is 5.91 Å². The number of amides is 1. The number of carbonyl (C=O) groups is 1. The van der Waals surface area contributed by atoms with E-state index < -0.39 is 0 Å². The smallest absolute Gasteiger partial charge is 0.241 e. The van der Waals surface area contributed by atoms with Gasteiger partial charge < -0.3 is 20.1 Å². The molecule has 5 nitrogen and oxygen atoms in total. The molecule has 20 heavy (non-hydrogen) atoms. The van der Waals surface area contributed by atoms with Gasteiger partial charge >= 0.3 is 0 Å². The van der Waals surface area contributed by atoms with Crippen LogP contribution in [-0.4, -0.2) is 31.7 Å². The second kappa shape index (κ2) is 7.14. The van der Waals surface area contributed by atoms with Gasteiger partial charge in [0.25, 0.3) is 0 Å². The number of hydrogen-bond donors (Lipinski definition) is 2. The normalized spacial score (nSPS) is 17.8. The van der Waals surface area contributed by atoms with Crippen LogP contribution in [-0.2, 0) is 4.79 Å². The number of anilines is 1. The number of carbonyl (C=O) groups excluding carboxylic acids is 1. The zero-order valence-electron chi connectivity index (χ0n) is 12.1. The molecule has 0 bridgehead atoms. The van der Waals surface area contributed by atoms with Crippen molar-refractivity contribution < 1.29 is 14.3 Å². The van der Waals surface area contributed by atoms with Crippen LogP contribution in [0.4, 0.5) is 5.69 Å². The maximum absolute atomic E-state index is 12.0. The summed E-state index contributed by atoms with van der Waals surface area (Å²) in [6, 6.07) is 5.38. The fraction of sp³-hybridized carbons (Fsp3) is 0.533. The minimum absolute atomic E-state index is 0.00843. The molecular formula is C15H22N2O3. The van der Waals surface area contributed by atoms with Crippen LogP contribution < -0.4 is 20.1 Å². The van der Waals surface area contributed by atoms with E-state index in [-0.39, 0.29) is 11.9 Å². The molecule has 1 heterocycles. The number of benzene rings is 1. The minimum atomic E-state index is -0.0860. The van der Waals surface area contributed by atoms with Crippen molar-refractivity contribution in [2.24, 2.45) is 0 Å². The molecule has 5 heteroatoms. The molecule has 110 valence electrons. The Bertz CT molecular complexity index is 456. The van der Waals surface area contributed by atoms with Crippen molar-refractivity contribution in [3.63, 3.8) is 0 Å². The van der Waals surface area contributed by atoms with Gasteiger partial charge in [0.05, 0.1) is 19.3 Å². The van der Waals surface area contributed by atoms with Gasteiger partial charge in [-0.25, -0.2) is 0 Å². The lowest BCUT2D eigenvalue weighted by atomic mass is 10.2. The van der Waals surface area contributed by atoms with Crippen molar-refractivity contribution in [1.82, 2.24) is 5.32 Å². The van der Waals surface area contributed by atoms with Crippen LogP contribution in [0.25, 0.3) is 0 Å². The summed E-state index contributed by atoms with van der Waals surface area (Å²) in [6.45, 7) is 5.89. The molecule has 2 rings (SSSR count). The summed E-state index contributed by atoms with van der Waals surface area (Å²) < 4.78 is 11.0. The van der Waals surface area contributed by atoms with Crippen LogP contribution >= 0.6 is 0 Å². The van der Waals surface area contributed by atoms with E-state index in [2.05, 4.69) is 10.6 Å². The van der Waals surface area contributed by atoms with Crippen LogP contribution in [0.1, 0.15) is 26.7 Å². The largest absolute Gasteiger partial charge is 0.490 e. The first kappa shape index (κ1) is 14.7. The Morgan fingerprint density at radius 2 is 2.05 bits per heavy atom. The highest BCUT2D eigenvalue weighted by Crippen LogP contribution is 2.30. The zero-order chi connectivity index (χ0) is 14.4. The van der Waals surface area contributed by atoms with Gasteiger partial charge in [-0.3, -0.25) is 4.79 Å². The van der Waals surface area contributed by atoms with Gasteiger partial charge in [-0.2, -0.15) is 0 Å². The monoisotopic (exact) mass is 278 g/mol. The highest BCUT2D eigenvalue weighted by atomic mass is 16.5. The van der Waals surface area contributed by atoms with Crippen LogP contribution in [0, 0.1) is 0 Å². The summed E-state index contributed by atoms with van der Waals surface area (Å²) >= 11 is 0. The third-order valence-electron chi connectivity index (χ3n) is 3.19. The minimum Gasteiger partial charge on any atom is -0.490 e. The lowest BCUT2D eigenvalue weighted by Gasteiger charge is -2.14. The summed E-state index contributed by atoms with van der Waals surface area (Å²) in [7, 11) is 0. The highest BCUT2D eigenvalue weighted by Gasteiger charge is 2.22. The van der Waals surface area contributed by atoms with E-state index >= 15 is 0 Å². The van der Waals surface area contributed by atoms with Crippen molar-refractivity contribution in [2.45, 2.75) is 32.7 Å². The van der Waals surface area contributed by atoms with Crippen LogP contribution in [0.5, 0.6) is 11.5 Å². The number of ether oxygens (including phenoxy) is 2. The number of rotatable bonds is 6. The summed E-state index contributed by atoms with van der Waals surface area (Å²) in [5, 5.41) is 6.10. The molecule has 1 aliphatic heterocycles. The molecule has 1 saturated heterocycles. The average Bonchev–Trinajstić information content (AvgIpc) is 2.96. The van der Waals surface area contributed by atoms with E-state index in [0.717, 1.165) is 25.1 Å². The summed E-state index contributed by atoms with van der Waals surface area (Å²) in [5.41, 5.74) is 0.732. The third kappa shape index (κ3) is 3.63. The second-order valence-corrected chi connectivity index (χ2v) is 4.67. The maximum atomic E-state index is 12.0. The van der Waals surface area contributed by atoms with Gasteiger partial charge in [-0.1, -0.05) is 0 Å². The molecule has 1 amide bonds. The van der Waals surface area contributed by atoms with Gasteiger partial charge in [0.15, 0.2) is 11.5 Å². The molecule has 0 aromatic heterocycles. The fourth-order valence-corrected chi connectivity index (χ4v) is 2.27. The Kier molecular flexibility index (Phi) is 5.24. The van der Waals surface area contributed by atoms with Crippen molar-refractivity contribution in [2.75, 3.05) is 25.1 Å². The molecule has 2 N–H and O–H groups in total. The Morgan fingerprint density at radius 3 is 2.70 bits per heavy atom. The standard InChI is InChI=1S/C15H22N2O3/c1-3-19-13-8-7-11(10-14(13)20-4-2)17-15(18)12-6-5-9-16-12/h7-8,10,12,16H,3-6,9H2,1-2H3,(H,17,18). The van der Waals surface area contributed by atoms with E-state index in [1.54, 1.807) is 6.07 Å². The Morgan fingerprint density at radius 1 is 1.30 bits per heavy atom. The van der Waals surface area contributed by atoms with Crippen LogP contribution in [0.3, 0.4) is 0 Å². The zero-order valence-corrected chi connectivity index (χ0v) is 12.1. The summed E-state index contributed by atoms with van der Waals surface area (Å²) in [6.07, 6.45) is 1.94. The van der Waals surface area contributed by atoms with Crippen molar-refractivity contribution in [1.29, 1.82) is 0 Å². The first-order valence-electron chi connectivity index (χ1n) is 7.18. The van der Waals surface area contributed by atoms with Crippen LogP contribution in [0.15, 0.2) is 18.2 Å². The Hall–Kier alpha value is -1.75. The summed E-state index contributed by atoms with van der Waals surface area (Å²) in [4.78, 5) is 12.0. The fourth-order valence-electron chi connectivity index (χ4n) is 2.27. The molecule has 1 aromatic carbocycles. The molecular weight excluding hydrogens is 256 g/mol.